The molecule has 0 radical (unpaired) electrons. The summed E-state index contributed by atoms with van der Waals surface area (Å²) in [5.74, 6) is -0.790. The second kappa shape index (κ2) is 7.16. The topological polar surface area (TPSA) is 67.3 Å². The molecule has 78 valence electrons. The van der Waals surface area contributed by atoms with Crippen LogP contribution in [0.3, 0.4) is 0 Å². The van der Waals surface area contributed by atoms with Crippen molar-refractivity contribution in [3.05, 3.63) is 48.0 Å². The van der Waals surface area contributed by atoms with Crippen molar-refractivity contribution in [2.45, 2.75) is 6.42 Å². The van der Waals surface area contributed by atoms with Crippen molar-refractivity contribution >= 4 is 16.7 Å². The molecule has 3 nitrogen and oxygen atoms in total. The Hall–Kier alpha value is -0.234. The van der Waals surface area contributed by atoms with Gasteiger partial charge in [-0.2, -0.15) is 0 Å². The van der Waals surface area contributed by atoms with Gasteiger partial charge in [-0.1, -0.05) is 42.5 Å². The molecule has 2 N–H and O–H groups in total. The Morgan fingerprint density at radius 2 is 1.69 bits per heavy atom. The predicted molar refractivity (Wildman–Crippen MR) is 57.2 cm³/mol. The summed E-state index contributed by atoms with van der Waals surface area (Å²) in [7, 11) is 0. The van der Waals surface area contributed by atoms with Crippen LogP contribution in [0, 0.1) is 0 Å². The molecule has 0 atom stereocenters. The maximum atomic E-state index is 10.6. The van der Waals surface area contributed by atoms with Crippen molar-refractivity contribution in [3.8, 4) is 0 Å². The van der Waals surface area contributed by atoms with Gasteiger partial charge in [-0.3, -0.25) is 4.79 Å². The number of carbonyl (C=O) groups is 1. The van der Waals surface area contributed by atoms with Crippen LogP contribution in [-0.4, -0.2) is 16.6 Å². The quantitative estimate of drug-likeness (QED) is 0.708. The molecule has 2 rings (SSSR count). The number of benzene rings is 2. The summed E-state index contributed by atoms with van der Waals surface area (Å²) in [6, 6.07) is 13.5. The average molecular weight is 242 g/mol. The molecule has 0 aliphatic heterocycles. The Labute approximate surface area is 136 Å². The summed E-state index contributed by atoms with van der Waals surface area (Å²) in [6.07, 6.45) is 0.0847. The number of hydrogen-bond donors (Lipinski definition) is 1. The fourth-order valence-corrected chi connectivity index (χ4v) is 1.61. The molecule has 16 heavy (non-hydrogen) atoms. The van der Waals surface area contributed by atoms with E-state index in [1.165, 1.54) is 0 Å². The Kier molecular flexibility index (Phi) is 7.06. The molecule has 0 bridgehead atoms. The maximum Gasteiger partial charge on any atom is 1.00 e. The van der Waals surface area contributed by atoms with Gasteiger partial charge in [-0.15, -0.1) is 0 Å². The number of carboxylic acid groups (broad SMARTS) is 1. The van der Waals surface area contributed by atoms with E-state index in [0.717, 1.165) is 16.3 Å². The zero-order valence-corrected chi connectivity index (χ0v) is 12.2. The van der Waals surface area contributed by atoms with Crippen LogP contribution in [0.15, 0.2) is 42.5 Å². The van der Waals surface area contributed by atoms with Crippen molar-refractivity contribution in [3.63, 3.8) is 0 Å². The second-order valence-electron chi connectivity index (χ2n) is 3.21. The van der Waals surface area contributed by atoms with E-state index in [4.69, 9.17) is 5.11 Å². The van der Waals surface area contributed by atoms with Gasteiger partial charge in [0, 0.05) is 0 Å². The molecule has 0 heterocycles. The van der Waals surface area contributed by atoms with Crippen molar-refractivity contribution in [1.29, 1.82) is 0 Å². The van der Waals surface area contributed by atoms with Gasteiger partial charge in [-0.25, -0.2) is 0 Å². The van der Waals surface area contributed by atoms with Gasteiger partial charge in [0.2, 0.25) is 0 Å². The summed E-state index contributed by atoms with van der Waals surface area (Å²) < 4.78 is 0. The van der Waals surface area contributed by atoms with E-state index in [-0.39, 0.29) is 63.3 Å². The molecule has 0 aromatic heterocycles. The fraction of sp³-hybridized carbons (Fsp3) is 0.0833. The summed E-state index contributed by atoms with van der Waals surface area (Å²) in [5, 5.41) is 10.8. The first-order valence-corrected chi connectivity index (χ1v) is 4.46. The average Bonchev–Trinajstić information content (AvgIpc) is 2.18. The van der Waals surface area contributed by atoms with E-state index >= 15 is 0 Å². The minimum atomic E-state index is -0.790. The van der Waals surface area contributed by atoms with Gasteiger partial charge >= 0.3 is 57.4 Å². The van der Waals surface area contributed by atoms with E-state index < -0.39 is 5.97 Å². The molecule has 0 aliphatic rings. The first kappa shape index (κ1) is 15.8. The van der Waals surface area contributed by atoms with Gasteiger partial charge in [-0.05, 0) is 16.3 Å². The van der Waals surface area contributed by atoms with Crippen LogP contribution in [0.25, 0.3) is 10.8 Å². The van der Waals surface area contributed by atoms with Crippen LogP contribution in [0.1, 0.15) is 5.56 Å². The minimum Gasteiger partial charge on any atom is -0.870 e. The summed E-state index contributed by atoms with van der Waals surface area (Å²) >= 11 is 0. The van der Waals surface area contributed by atoms with Crippen LogP contribution in [0.5, 0.6) is 0 Å². The van der Waals surface area contributed by atoms with Crippen LogP contribution in [0.2, 0.25) is 0 Å². The number of rotatable bonds is 2. The normalized spacial score (nSPS) is 9.00. The van der Waals surface area contributed by atoms with Gasteiger partial charge in [0.05, 0.1) is 6.42 Å². The van der Waals surface area contributed by atoms with E-state index in [2.05, 4.69) is 0 Å². The minimum absolute atomic E-state index is 0. The van der Waals surface area contributed by atoms with Gasteiger partial charge in [0.25, 0.3) is 0 Å². The Morgan fingerprint density at radius 1 is 1.06 bits per heavy atom. The standard InChI is InChI=1S/C12H10O2.K.H2O/c13-12(14)8-10-6-3-5-9-4-1-2-7-11(9)10;;/h1-7H,8H2,(H,13,14);;1H2/q;+1;/p-1. The van der Waals surface area contributed by atoms with E-state index in [1.807, 2.05) is 42.5 Å². The zero-order chi connectivity index (χ0) is 9.97. The first-order chi connectivity index (χ1) is 6.77. The third kappa shape index (κ3) is 3.66. The summed E-state index contributed by atoms with van der Waals surface area (Å²) in [5.41, 5.74) is 0.871. The molecular weight excluding hydrogens is 231 g/mol. The largest absolute Gasteiger partial charge is 1.00 e. The number of carboxylic acids is 1. The van der Waals surface area contributed by atoms with Crippen LogP contribution >= 0.6 is 0 Å². The molecule has 0 spiro atoms. The SMILES string of the molecule is O=C(O)Cc1cccc2ccccc12.[K+].[OH-]. The Morgan fingerprint density at radius 3 is 2.38 bits per heavy atom. The van der Waals surface area contributed by atoms with E-state index in [0.29, 0.717) is 0 Å². The molecule has 2 aromatic rings. The van der Waals surface area contributed by atoms with Gasteiger partial charge < -0.3 is 10.6 Å². The molecular formula is C12H11KO3. The molecule has 0 saturated heterocycles. The van der Waals surface area contributed by atoms with Gasteiger partial charge in [0.1, 0.15) is 0 Å². The second-order valence-corrected chi connectivity index (χ2v) is 3.21. The number of fused-ring (bicyclic) bond motifs is 1. The third-order valence-corrected chi connectivity index (χ3v) is 2.22. The predicted octanol–water partition coefficient (Wildman–Crippen LogP) is -0.706. The fourth-order valence-electron chi connectivity index (χ4n) is 1.61. The monoisotopic (exact) mass is 242 g/mol. The van der Waals surface area contributed by atoms with Crippen molar-refractivity contribution in [1.82, 2.24) is 0 Å². The molecule has 0 unspecified atom stereocenters. The zero-order valence-electron chi connectivity index (χ0n) is 9.05. The van der Waals surface area contributed by atoms with E-state index in [9.17, 15) is 4.79 Å². The smallest absolute Gasteiger partial charge is 0.870 e. The van der Waals surface area contributed by atoms with Crippen LogP contribution in [-0.2, 0) is 11.2 Å². The molecule has 2 aromatic carbocycles. The third-order valence-electron chi connectivity index (χ3n) is 2.22. The van der Waals surface area contributed by atoms with Crippen molar-refractivity contribution in [2.75, 3.05) is 0 Å². The molecule has 4 heteroatoms. The van der Waals surface area contributed by atoms with Crippen LogP contribution in [0.4, 0.5) is 0 Å². The molecule has 0 aliphatic carbocycles. The van der Waals surface area contributed by atoms with Crippen molar-refractivity contribution in [2.24, 2.45) is 0 Å². The Balaban J connectivity index is 0.00000112. The van der Waals surface area contributed by atoms with E-state index in [1.54, 1.807) is 0 Å². The van der Waals surface area contributed by atoms with Crippen molar-refractivity contribution < 1.29 is 66.8 Å². The number of hydrogen-bond acceptors (Lipinski definition) is 2. The molecule has 0 fully saturated rings. The first-order valence-electron chi connectivity index (χ1n) is 4.46. The summed E-state index contributed by atoms with van der Waals surface area (Å²) in [6.45, 7) is 0. The Bertz CT molecular complexity index is 477. The summed E-state index contributed by atoms with van der Waals surface area (Å²) in [4.78, 5) is 10.6. The molecule has 0 amide bonds. The molecule has 0 saturated carbocycles. The number of aliphatic carboxylic acids is 1. The van der Waals surface area contributed by atoms with Crippen LogP contribution < -0.4 is 51.4 Å². The van der Waals surface area contributed by atoms with Gasteiger partial charge in [0.15, 0.2) is 0 Å². The maximum absolute atomic E-state index is 10.6.